The van der Waals surface area contributed by atoms with Crippen molar-refractivity contribution >= 4 is 11.6 Å². The standard InChI is InChI=1S/C19H15ClFN3O/c20-16-6-15(8-22-9-16)12-3-4-13(17(21)7-12)10-24-11-14-2-1-5-23-18(14)19(24)25/h1-9,19,25H,10-11H2. The lowest BCUT2D eigenvalue weighted by atomic mass is 10.0. The topological polar surface area (TPSA) is 49.3 Å². The third-order valence-electron chi connectivity index (χ3n) is 4.35. The number of aliphatic hydroxyl groups excluding tert-OH is 1. The van der Waals surface area contributed by atoms with E-state index in [-0.39, 0.29) is 5.82 Å². The lowest BCUT2D eigenvalue weighted by molar-refractivity contribution is 0.00457. The minimum Gasteiger partial charge on any atom is -0.372 e. The zero-order valence-electron chi connectivity index (χ0n) is 13.2. The predicted molar refractivity (Wildman–Crippen MR) is 93.1 cm³/mol. The second-order valence-corrected chi connectivity index (χ2v) is 6.46. The summed E-state index contributed by atoms with van der Waals surface area (Å²) in [6.45, 7) is 0.848. The summed E-state index contributed by atoms with van der Waals surface area (Å²) < 4.78 is 14.6. The van der Waals surface area contributed by atoms with Gasteiger partial charge in [0.05, 0.1) is 10.7 Å². The van der Waals surface area contributed by atoms with Crippen molar-refractivity contribution in [3.05, 3.63) is 82.6 Å². The normalized spacial score (nSPS) is 16.8. The molecule has 0 radical (unpaired) electrons. The van der Waals surface area contributed by atoms with Gasteiger partial charge in [0.25, 0.3) is 0 Å². The quantitative estimate of drug-likeness (QED) is 0.773. The smallest absolute Gasteiger partial charge is 0.151 e. The number of hydrogen-bond acceptors (Lipinski definition) is 4. The highest BCUT2D eigenvalue weighted by molar-refractivity contribution is 6.30. The first-order chi connectivity index (χ1) is 12.1. The zero-order valence-corrected chi connectivity index (χ0v) is 14.0. The van der Waals surface area contributed by atoms with Gasteiger partial charge in [0, 0.05) is 42.8 Å². The van der Waals surface area contributed by atoms with E-state index in [0.717, 1.165) is 11.1 Å². The monoisotopic (exact) mass is 355 g/mol. The molecule has 4 nitrogen and oxygen atoms in total. The fourth-order valence-corrected chi connectivity index (χ4v) is 3.26. The van der Waals surface area contributed by atoms with Gasteiger partial charge in [-0.3, -0.25) is 14.9 Å². The van der Waals surface area contributed by atoms with Gasteiger partial charge in [0.15, 0.2) is 6.23 Å². The minimum absolute atomic E-state index is 0.303. The van der Waals surface area contributed by atoms with Crippen molar-refractivity contribution in [2.24, 2.45) is 0 Å². The fraction of sp³-hybridized carbons (Fsp3) is 0.158. The zero-order chi connectivity index (χ0) is 17.4. The number of fused-ring (bicyclic) bond motifs is 1. The number of hydrogen-bond donors (Lipinski definition) is 1. The van der Waals surface area contributed by atoms with Crippen LogP contribution in [0.1, 0.15) is 23.0 Å². The Balaban J connectivity index is 1.57. The Kier molecular flexibility index (Phi) is 4.21. The Hall–Kier alpha value is -2.34. The van der Waals surface area contributed by atoms with Gasteiger partial charge in [-0.05, 0) is 29.3 Å². The Bertz CT molecular complexity index is 934. The second-order valence-electron chi connectivity index (χ2n) is 6.02. The van der Waals surface area contributed by atoms with E-state index in [4.69, 9.17) is 11.6 Å². The molecule has 1 aromatic carbocycles. The highest BCUT2D eigenvalue weighted by atomic mass is 35.5. The third-order valence-corrected chi connectivity index (χ3v) is 4.56. The molecule has 3 heterocycles. The van der Waals surface area contributed by atoms with E-state index in [1.165, 1.54) is 12.3 Å². The number of rotatable bonds is 3. The lowest BCUT2D eigenvalue weighted by Gasteiger charge is -2.20. The molecule has 1 N–H and O–H groups in total. The molecule has 3 aromatic rings. The molecular weight excluding hydrogens is 341 g/mol. The number of benzene rings is 1. The van der Waals surface area contributed by atoms with Crippen LogP contribution in [0.2, 0.25) is 5.02 Å². The molecule has 0 saturated heterocycles. The summed E-state index contributed by atoms with van der Waals surface area (Å²) in [5.41, 5.74) is 3.60. The SMILES string of the molecule is OC1c2ncccc2CN1Cc1ccc(-c2cncc(Cl)c2)cc1F. The van der Waals surface area contributed by atoms with Crippen LogP contribution in [-0.2, 0) is 13.1 Å². The van der Waals surface area contributed by atoms with Gasteiger partial charge in [-0.2, -0.15) is 0 Å². The molecule has 0 aliphatic carbocycles. The molecule has 4 rings (SSSR count). The van der Waals surface area contributed by atoms with Gasteiger partial charge in [-0.25, -0.2) is 4.39 Å². The number of aromatic nitrogens is 2. The van der Waals surface area contributed by atoms with Crippen LogP contribution in [-0.4, -0.2) is 20.0 Å². The van der Waals surface area contributed by atoms with E-state index >= 15 is 0 Å². The molecule has 2 aromatic heterocycles. The van der Waals surface area contributed by atoms with Crippen molar-refractivity contribution in [3.8, 4) is 11.1 Å². The predicted octanol–water partition coefficient (Wildman–Crippen LogP) is 3.94. The molecule has 126 valence electrons. The van der Waals surface area contributed by atoms with Crippen molar-refractivity contribution in [2.75, 3.05) is 0 Å². The molecule has 0 saturated carbocycles. The summed E-state index contributed by atoms with van der Waals surface area (Å²) >= 11 is 5.94. The van der Waals surface area contributed by atoms with Crippen molar-refractivity contribution in [3.63, 3.8) is 0 Å². The van der Waals surface area contributed by atoms with Gasteiger partial charge < -0.3 is 5.11 Å². The van der Waals surface area contributed by atoms with E-state index in [9.17, 15) is 9.50 Å². The number of halogens is 2. The maximum atomic E-state index is 14.6. The van der Waals surface area contributed by atoms with Crippen LogP contribution in [0.3, 0.4) is 0 Å². The Morgan fingerprint density at radius 2 is 2.08 bits per heavy atom. The molecule has 1 aliphatic rings. The second kappa shape index (κ2) is 6.52. The van der Waals surface area contributed by atoms with Crippen LogP contribution >= 0.6 is 11.6 Å². The summed E-state index contributed by atoms with van der Waals surface area (Å²) in [6, 6.07) is 10.5. The van der Waals surface area contributed by atoms with E-state index in [1.807, 2.05) is 18.2 Å². The summed E-state index contributed by atoms with van der Waals surface area (Å²) in [7, 11) is 0. The average Bonchev–Trinajstić information content (AvgIpc) is 2.93. The van der Waals surface area contributed by atoms with E-state index in [1.54, 1.807) is 29.4 Å². The molecule has 1 unspecified atom stereocenters. The first kappa shape index (κ1) is 16.1. The summed E-state index contributed by atoms with van der Waals surface area (Å²) in [4.78, 5) is 10.0. The number of pyridine rings is 2. The molecule has 0 amide bonds. The van der Waals surface area contributed by atoms with E-state index in [2.05, 4.69) is 9.97 Å². The Morgan fingerprint density at radius 3 is 2.84 bits per heavy atom. The van der Waals surface area contributed by atoms with Gasteiger partial charge in [-0.15, -0.1) is 0 Å². The van der Waals surface area contributed by atoms with Crippen molar-refractivity contribution in [1.29, 1.82) is 0 Å². The maximum absolute atomic E-state index is 14.6. The first-order valence-electron chi connectivity index (χ1n) is 7.87. The van der Waals surface area contributed by atoms with Crippen LogP contribution in [0, 0.1) is 5.82 Å². The van der Waals surface area contributed by atoms with Crippen LogP contribution in [0.25, 0.3) is 11.1 Å². The van der Waals surface area contributed by atoms with Crippen molar-refractivity contribution in [1.82, 2.24) is 14.9 Å². The molecule has 1 aliphatic heterocycles. The van der Waals surface area contributed by atoms with Gasteiger partial charge >= 0.3 is 0 Å². The van der Waals surface area contributed by atoms with Gasteiger partial charge in [-0.1, -0.05) is 29.8 Å². The summed E-state index contributed by atoms with van der Waals surface area (Å²) in [5, 5.41) is 10.9. The lowest BCUT2D eigenvalue weighted by Crippen LogP contribution is -2.22. The summed E-state index contributed by atoms with van der Waals surface area (Å²) in [6.07, 6.45) is 4.02. The van der Waals surface area contributed by atoms with Crippen molar-refractivity contribution < 1.29 is 9.50 Å². The highest BCUT2D eigenvalue weighted by Gasteiger charge is 2.29. The molecular formula is C19H15ClFN3O. The maximum Gasteiger partial charge on any atom is 0.151 e. The van der Waals surface area contributed by atoms with Gasteiger partial charge in [0.1, 0.15) is 5.82 Å². The number of nitrogens with zero attached hydrogens (tertiary/aromatic N) is 3. The van der Waals surface area contributed by atoms with Crippen molar-refractivity contribution in [2.45, 2.75) is 19.3 Å². The largest absolute Gasteiger partial charge is 0.372 e. The molecule has 6 heteroatoms. The van der Waals surface area contributed by atoms with E-state index in [0.29, 0.717) is 34.9 Å². The van der Waals surface area contributed by atoms with Crippen LogP contribution in [0.4, 0.5) is 4.39 Å². The fourth-order valence-electron chi connectivity index (χ4n) is 3.08. The average molecular weight is 356 g/mol. The molecule has 25 heavy (non-hydrogen) atoms. The van der Waals surface area contributed by atoms with Crippen LogP contribution in [0.5, 0.6) is 0 Å². The molecule has 1 atom stereocenters. The van der Waals surface area contributed by atoms with Crippen LogP contribution in [0.15, 0.2) is 55.0 Å². The molecule has 0 fully saturated rings. The molecule has 0 bridgehead atoms. The molecule has 0 spiro atoms. The highest BCUT2D eigenvalue weighted by Crippen LogP contribution is 2.32. The van der Waals surface area contributed by atoms with Crippen LogP contribution < -0.4 is 0 Å². The first-order valence-corrected chi connectivity index (χ1v) is 8.25. The number of aliphatic hydroxyl groups is 1. The Morgan fingerprint density at radius 1 is 1.20 bits per heavy atom. The summed E-state index contributed by atoms with van der Waals surface area (Å²) in [5.74, 6) is -0.325. The van der Waals surface area contributed by atoms with E-state index < -0.39 is 6.23 Å². The third kappa shape index (κ3) is 3.14. The van der Waals surface area contributed by atoms with Gasteiger partial charge in [0.2, 0.25) is 0 Å². The Labute approximate surface area is 149 Å². The minimum atomic E-state index is -0.813.